The quantitative estimate of drug-likeness (QED) is 0.814. The van der Waals surface area contributed by atoms with Gasteiger partial charge in [0.15, 0.2) is 0 Å². The summed E-state index contributed by atoms with van der Waals surface area (Å²) in [6, 6.07) is 4.28. The molecule has 0 saturated carbocycles. The fraction of sp³-hybridized carbons (Fsp3) is 0.600. The van der Waals surface area contributed by atoms with E-state index in [2.05, 4.69) is 45.1 Å². The molecule has 0 aliphatic carbocycles. The van der Waals surface area contributed by atoms with E-state index >= 15 is 0 Å². The van der Waals surface area contributed by atoms with Gasteiger partial charge in [-0.05, 0) is 30.0 Å². The molecule has 1 aromatic rings. The third-order valence-corrected chi connectivity index (χ3v) is 2.98. The van der Waals surface area contributed by atoms with Gasteiger partial charge in [0.25, 0.3) is 0 Å². The molecule has 18 heavy (non-hydrogen) atoms. The number of hydrogen-bond acceptors (Lipinski definition) is 3. The van der Waals surface area contributed by atoms with E-state index in [1.54, 1.807) is 14.2 Å². The van der Waals surface area contributed by atoms with Crippen LogP contribution in [0, 0.1) is 6.92 Å². The number of nitrogens with one attached hydrogen (secondary N) is 1. The summed E-state index contributed by atoms with van der Waals surface area (Å²) in [6.45, 7) is 10.2. The number of benzene rings is 1. The molecule has 0 spiro atoms. The van der Waals surface area contributed by atoms with Crippen LogP contribution in [0.15, 0.2) is 12.1 Å². The van der Waals surface area contributed by atoms with E-state index in [-0.39, 0.29) is 5.41 Å². The first-order valence-electron chi connectivity index (χ1n) is 6.32. The standard InChI is InChI=1S/C15H25NO2/c1-11-9-14(18-6)12(15(2,3)4)10-13(11)16-7-8-17-5/h9-10,16H,7-8H2,1-6H3. The van der Waals surface area contributed by atoms with Gasteiger partial charge < -0.3 is 14.8 Å². The van der Waals surface area contributed by atoms with Crippen LogP contribution in [0.2, 0.25) is 0 Å². The molecular weight excluding hydrogens is 226 g/mol. The van der Waals surface area contributed by atoms with Crippen LogP contribution in [0.1, 0.15) is 31.9 Å². The van der Waals surface area contributed by atoms with Gasteiger partial charge in [-0.25, -0.2) is 0 Å². The van der Waals surface area contributed by atoms with E-state index in [1.165, 1.54) is 11.1 Å². The third kappa shape index (κ3) is 3.64. The van der Waals surface area contributed by atoms with Gasteiger partial charge in [-0.15, -0.1) is 0 Å². The van der Waals surface area contributed by atoms with Crippen molar-refractivity contribution >= 4 is 5.69 Å². The first kappa shape index (κ1) is 14.8. The Morgan fingerprint density at radius 3 is 2.33 bits per heavy atom. The van der Waals surface area contributed by atoms with E-state index < -0.39 is 0 Å². The number of rotatable bonds is 5. The normalized spacial score (nSPS) is 11.4. The van der Waals surface area contributed by atoms with Crippen LogP contribution < -0.4 is 10.1 Å². The lowest BCUT2D eigenvalue weighted by Gasteiger charge is -2.24. The predicted molar refractivity (Wildman–Crippen MR) is 76.8 cm³/mol. The molecule has 0 aliphatic heterocycles. The summed E-state index contributed by atoms with van der Waals surface area (Å²) in [5.74, 6) is 0.956. The van der Waals surface area contributed by atoms with Crippen molar-refractivity contribution < 1.29 is 9.47 Å². The summed E-state index contributed by atoms with van der Waals surface area (Å²) in [6.07, 6.45) is 0. The van der Waals surface area contributed by atoms with Crippen molar-refractivity contribution in [1.29, 1.82) is 0 Å². The second kappa shape index (κ2) is 6.10. The zero-order valence-corrected chi connectivity index (χ0v) is 12.4. The van der Waals surface area contributed by atoms with Gasteiger partial charge in [0.1, 0.15) is 5.75 Å². The molecule has 0 unspecified atom stereocenters. The first-order valence-corrected chi connectivity index (χ1v) is 6.32. The smallest absolute Gasteiger partial charge is 0.122 e. The second-order valence-corrected chi connectivity index (χ2v) is 5.54. The first-order chi connectivity index (χ1) is 8.40. The predicted octanol–water partition coefficient (Wildman–Crippen LogP) is 3.36. The zero-order chi connectivity index (χ0) is 13.8. The summed E-state index contributed by atoms with van der Waals surface area (Å²) < 4.78 is 10.5. The minimum Gasteiger partial charge on any atom is -0.496 e. The highest BCUT2D eigenvalue weighted by Crippen LogP contribution is 2.35. The van der Waals surface area contributed by atoms with Crippen LogP contribution in [0.25, 0.3) is 0 Å². The van der Waals surface area contributed by atoms with Gasteiger partial charge in [0, 0.05) is 24.9 Å². The monoisotopic (exact) mass is 251 g/mol. The topological polar surface area (TPSA) is 30.5 Å². The Morgan fingerprint density at radius 2 is 1.83 bits per heavy atom. The molecule has 1 aromatic carbocycles. The Kier molecular flexibility index (Phi) is 5.03. The van der Waals surface area contributed by atoms with Crippen molar-refractivity contribution in [3.63, 3.8) is 0 Å². The van der Waals surface area contributed by atoms with Gasteiger partial charge in [0.2, 0.25) is 0 Å². The summed E-state index contributed by atoms with van der Waals surface area (Å²) in [4.78, 5) is 0. The molecule has 0 bridgehead atoms. The Balaban J connectivity index is 3.06. The van der Waals surface area contributed by atoms with Crippen LogP contribution in [-0.2, 0) is 10.2 Å². The van der Waals surface area contributed by atoms with E-state index in [4.69, 9.17) is 9.47 Å². The Morgan fingerprint density at radius 1 is 1.17 bits per heavy atom. The highest BCUT2D eigenvalue weighted by molar-refractivity contribution is 5.58. The van der Waals surface area contributed by atoms with Gasteiger partial charge in [-0.1, -0.05) is 20.8 Å². The summed E-state index contributed by atoms with van der Waals surface area (Å²) in [5.41, 5.74) is 3.63. The SMILES string of the molecule is COCCNc1cc(C(C)(C)C)c(OC)cc1C. The molecule has 0 radical (unpaired) electrons. The molecule has 3 heteroatoms. The molecule has 1 N–H and O–H groups in total. The minimum atomic E-state index is 0.0662. The number of anilines is 1. The molecule has 0 fully saturated rings. The molecule has 0 amide bonds. The largest absolute Gasteiger partial charge is 0.496 e. The van der Waals surface area contributed by atoms with Crippen molar-refractivity contribution in [1.82, 2.24) is 0 Å². The van der Waals surface area contributed by atoms with Gasteiger partial charge in [0.05, 0.1) is 13.7 Å². The Hall–Kier alpha value is -1.22. The lowest BCUT2D eigenvalue weighted by Crippen LogP contribution is -2.15. The van der Waals surface area contributed by atoms with Crippen LogP contribution in [-0.4, -0.2) is 27.4 Å². The van der Waals surface area contributed by atoms with E-state index in [0.717, 1.165) is 18.0 Å². The maximum Gasteiger partial charge on any atom is 0.122 e. The number of hydrogen-bond donors (Lipinski definition) is 1. The van der Waals surface area contributed by atoms with E-state index in [0.29, 0.717) is 6.61 Å². The molecule has 1 rings (SSSR count). The fourth-order valence-electron chi connectivity index (χ4n) is 1.91. The van der Waals surface area contributed by atoms with Crippen LogP contribution in [0.5, 0.6) is 5.75 Å². The highest BCUT2D eigenvalue weighted by Gasteiger charge is 2.20. The molecule has 0 heterocycles. The Bertz CT molecular complexity index is 394. The lowest BCUT2D eigenvalue weighted by molar-refractivity contribution is 0.211. The molecule has 0 aromatic heterocycles. The van der Waals surface area contributed by atoms with Crippen molar-refractivity contribution in [2.45, 2.75) is 33.1 Å². The molecule has 0 atom stereocenters. The average Bonchev–Trinajstić information content (AvgIpc) is 2.29. The van der Waals surface area contributed by atoms with Crippen molar-refractivity contribution in [2.75, 3.05) is 32.7 Å². The van der Waals surface area contributed by atoms with Crippen molar-refractivity contribution in [3.8, 4) is 5.75 Å². The zero-order valence-electron chi connectivity index (χ0n) is 12.4. The fourth-order valence-corrected chi connectivity index (χ4v) is 1.91. The third-order valence-electron chi connectivity index (χ3n) is 2.98. The average molecular weight is 251 g/mol. The van der Waals surface area contributed by atoms with E-state index in [9.17, 15) is 0 Å². The van der Waals surface area contributed by atoms with Crippen LogP contribution in [0.4, 0.5) is 5.69 Å². The molecule has 3 nitrogen and oxygen atoms in total. The summed E-state index contributed by atoms with van der Waals surface area (Å²) in [5, 5.41) is 3.40. The molecule has 0 saturated heterocycles. The Labute approximate surface area is 110 Å². The van der Waals surface area contributed by atoms with Crippen molar-refractivity contribution in [3.05, 3.63) is 23.3 Å². The van der Waals surface area contributed by atoms with E-state index in [1.807, 2.05) is 0 Å². The maximum atomic E-state index is 5.48. The molecule has 102 valence electrons. The lowest BCUT2D eigenvalue weighted by atomic mass is 9.85. The molecule has 0 aliphatic rings. The van der Waals surface area contributed by atoms with Gasteiger partial charge >= 0.3 is 0 Å². The highest BCUT2D eigenvalue weighted by atomic mass is 16.5. The maximum absolute atomic E-state index is 5.48. The van der Waals surface area contributed by atoms with Crippen LogP contribution >= 0.6 is 0 Å². The minimum absolute atomic E-state index is 0.0662. The number of aryl methyl sites for hydroxylation is 1. The number of methoxy groups -OCH3 is 2. The molecular formula is C15H25NO2. The van der Waals surface area contributed by atoms with Crippen LogP contribution in [0.3, 0.4) is 0 Å². The van der Waals surface area contributed by atoms with Gasteiger partial charge in [-0.3, -0.25) is 0 Å². The summed E-state index contributed by atoms with van der Waals surface area (Å²) >= 11 is 0. The summed E-state index contributed by atoms with van der Waals surface area (Å²) in [7, 11) is 3.44. The number of ether oxygens (including phenoxy) is 2. The van der Waals surface area contributed by atoms with Crippen molar-refractivity contribution in [2.24, 2.45) is 0 Å². The second-order valence-electron chi connectivity index (χ2n) is 5.54. The van der Waals surface area contributed by atoms with Gasteiger partial charge in [-0.2, -0.15) is 0 Å².